The third-order valence-corrected chi connectivity index (χ3v) is 15.2. The summed E-state index contributed by atoms with van der Waals surface area (Å²) in [6, 6.07) is 0. The van der Waals surface area contributed by atoms with E-state index in [0.717, 1.165) is 68.1 Å². The van der Waals surface area contributed by atoms with E-state index in [-0.39, 0.29) is 10.8 Å². The lowest BCUT2D eigenvalue weighted by Crippen LogP contribution is -2.51. The molecule has 5 heteroatoms. The van der Waals surface area contributed by atoms with Gasteiger partial charge in [-0.3, -0.25) is 24.0 Å². The Morgan fingerprint density at radius 3 is 1.19 bits per heavy atom. The Labute approximate surface area is 291 Å². The molecular formula is C43H66O5. The number of fused-ring (bicyclic) bond motifs is 2. The van der Waals surface area contributed by atoms with E-state index in [0.29, 0.717) is 64.4 Å². The maximum Gasteiger partial charge on any atom is 0.141 e. The first-order chi connectivity index (χ1) is 22.7. The van der Waals surface area contributed by atoms with E-state index in [2.05, 4.69) is 20.8 Å². The summed E-state index contributed by atoms with van der Waals surface area (Å²) >= 11 is 0. The predicted molar refractivity (Wildman–Crippen MR) is 189 cm³/mol. The maximum atomic E-state index is 11.9. The quantitative estimate of drug-likeness (QED) is 0.258. The molecule has 0 aromatic rings. The molecule has 0 N–H and O–H groups in total. The molecule has 12 aliphatic carbocycles. The van der Waals surface area contributed by atoms with Gasteiger partial charge in [0.25, 0.3) is 0 Å². The molecule has 0 aromatic heterocycles. The second-order valence-electron chi connectivity index (χ2n) is 19.3. The lowest BCUT2D eigenvalue weighted by molar-refractivity contribution is -0.151. The molecule has 0 radical (unpaired) electrons. The van der Waals surface area contributed by atoms with Crippen LogP contribution >= 0.6 is 0 Å². The van der Waals surface area contributed by atoms with Gasteiger partial charge >= 0.3 is 0 Å². The molecular weight excluding hydrogens is 596 g/mol. The Bertz CT molecular complexity index is 1160. The summed E-state index contributed by atoms with van der Waals surface area (Å²) in [4.78, 5) is 56.3. The van der Waals surface area contributed by atoms with Crippen LogP contribution < -0.4 is 0 Å². The van der Waals surface area contributed by atoms with Gasteiger partial charge in [0, 0.05) is 59.2 Å². The number of Topliss-reactive ketones (excluding diaryl/α,β-unsaturated/α-hetero) is 5. The summed E-state index contributed by atoms with van der Waals surface area (Å²) in [7, 11) is 0. The summed E-state index contributed by atoms with van der Waals surface area (Å²) in [5.41, 5.74) is 0.240. The van der Waals surface area contributed by atoms with Gasteiger partial charge in [-0.2, -0.15) is 0 Å². The van der Waals surface area contributed by atoms with Gasteiger partial charge in [0.15, 0.2) is 0 Å². The molecule has 0 aromatic carbocycles. The summed E-state index contributed by atoms with van der Waals surface area (Å²) in [5, 5.41) is 0. The Morgan fingerprint density at radius 1 is 0.479 bits per heavy atom. The Morgan fingerprint density at radius 2 is 0.917 bits per heavy atom. The monoisotopic (exact) mass is 662 g/mol. The zero-order valence-electron chi connectivity index (χ0n) is 31.0. The van der Waals surface area contributed by atoms with Crippen molar-refractivity contribution in [3.05, 3.63) is 0 Å². The molecule has 0 amide bonds. The van der Waals surface area contributed by atoms with Crippen LogP contribution in [0.25, 0.3) is 0 Å². The van der Waals surface area contributed by atoms with Crippen molar-refractivity contribution in [2.45, 2.75) is 163 Å². The molecule has 0 saturated heterocycles. The van der Waals surface area contributed by atoms with Crippen LogP contribution in [0.15, 0.2) is 0 Å². The lowest BCUT2D eigenvalue weighted by Gasteiger charge is -2.54. The number of carbonyl (C=O) groups excluding carboxylic acids is 5. The average molecular weight is 663 g/mol. The minimum Gasteiger partial charge on any atom is -0.299 e. The van der Waals surface area contributed by atoms with E-state index < -0.39 is 0 Å². The SMILES string of the molecule is CC12CC3CC(CC(C3)C1=O)C2.CC12CC3CC(CC(C3)C1=O)C2.CC1C(=O)C2CCC1C2.CC1CCCC1=O.CC1CCCCC1=O. The van der Waals surface area contributed by atoms with Crippen molar-refractivity contribution in [1.82, 2.24) is 0 Å². The van der Waals surface area contributed by atoms with Crippen molar-refractivity contribution in [3.63, 3.8) is 0 Å². The minimum absolute atomic E-state index is 0.120. The zero-order valence-corrected chi connectivity index (χ0v) is 31.0. The zero-order chi connectivity index (χ0) is 34.4. The number of carbonyl (C=O) groups is 5. The van der Waals surface area contributed by atoms with Crippen molar-refractivity contribution in [2.24, 2.45) is 75.9 Å². The predicted octanol–water partition coefficient (Wildman–Crippen LogP) is 9.57. The molecule has 5 nitrogen and oxygen atoms in total. The molecule has 12 aliphatic rings. The Kier molecular flexibility index (Phi) is 10.9. The first-order valence-corrected chi connectivity index (χ1v) is 20.4. The first kappa shape index (κ1) is 36.2. The third-order valence-electron chi connectivity index (χ3n) is 15.2. The Balaban J connectivity index is 0.000000106. The molecule has 12 saturated carbocycles. The standard InChI is InChI=1S/2C11H16O.C8H12O.C7H12O.C6H10O/c2*1-11-5-7-2-8(6-11)4-9(3-7)10(11)12;1-5-6-2-3-7(4-6)8(5)9;1-6-4-2-3-5-7(6)8;1-5-3-2-4-6(5)7/h2*7-9H,2-6H2,1H3;5-7H,2-4H2,1H3;6H,2-5H2,1H3;5H,2-4H2,1H3. The number of hydrogen-bond donors (Lipinski definition) is 0. The molecule has 268 valence electrons. The topological polar surface area (TPSA) is 85.3 Å². The highest BCUT2D eigenvalue weighted by molar-refractivity contribution is 5.89. The lowest BCUT2D eigenvalue weighted by atomic mass is 9.49. The van der Waals surface area contributed by atoms with Gasteiger partial charge in [-0.25, -0.2) is 0 Å². The van der Waals surface area contributed by atoms with Crippen LogP contribution in [0.3, 0.4) is 0 Å². The fourth-order valence-corrected chi connectivity index (χ4v) is 12.8. The van der Waals surface area contributed by atoms with Crippen molar-refractivity contribution >= 4 is 28.9 Å². The average Bonchev–Trinajstić information content (AvgIpc) is 3.74. The van der Waals surface area contributed by atoms with Crippen molar-refractivity contribution < 1.29 is 24.0 Å². The third kappa shape index (κ3) is 7.65. The summed E-state index contributed by atoms with van der Waals surface area (Å²) in [5.74, 6) is 9.65. The van der Waals surface area contributed by atoms with Gasteiger partial charge in [0.1, 0.15) is 28.9 Å². The second kappa shape index (κ2) is 14.5. The minimum atomic E-state index is 0.120. The fourth-order valence-electron chi connectivity index (χ4n) is 12.8. The molecule has 9 atom stereocenters. The van der Waals surface area contributed by atoms with Crippen molar-refractivity contribution in [2.75, 3.05) is 0 Å². The normalized spacial score (nSPS) is 47.0. The summed E-state index contributed by atoms with van der Waals surface area (Å²) in [6.45, 7) is 10.5. The number of hydrogen-bond acceptors (Lipinski definition) is 5. The molecule has 12 fully saturated rings. The van der Waals surface area contributed by atoms with Gasteiger partial charge in [-0.1, -0.05) is 41.0 Å². The van der Waals surface area contributed by atoms with E-state index in [1.807, 2.05) is 13.8 Å². The van der Waals surface area contributed by atoms with Gasteiger partial charge in [0.2, 0.25) is 0 Å². The fraction of sp³-hybridized carbons (Fsp3) is 0.884. The highest BCUT2D eigenvalue weighted by Gasteiger charge is 2.55. The van der Waals surface area contributed by atoms with E-state index in [9.17, 15) is 24.0 Å². The van der Waals surface area contributed by atoms with Crippen LogP contribution in [-0.4, -0.2) is 28.9 Å². The molecule has 12 rings (SSSR count). The number of rotatable bonds is 0. The highest BCUT2D eigenvalue weighted by atomic mass is 16.1. The van der Waals surface area contributed by atoms with E-state index in [1.165, 1.54) is 89.9 Å². The number of ketones is 5. The van der Waals surface area contributed by atoms with Crippen molar-refractivity contribution in [3.8, 4) is 0 Å². The largest absolute Gasteiger partial charge is 0.299 e. The molecule has 0 heterocycles. The van der Waals surface area contributed by atoms with Gasteiger partial charge < -0.3 is 0 Å². The molecule has 10 bridgehead atoms. The van der Waals surface area contributed by atoms with Crippen LogP contribution in [-0.2, 0) is 24.0 Å². The van der Waals surface area contributed by atoms with Gasteiger partial charge in [0.05, 0.1) is 0 Å². The van der Waals surface area contributed by atoms with Crippen LogP contribution in [0.4, 0.5) is 0 Å². The molecule has 0 aliphatic heterocycles. The van der Waals surface area contributed by atoms with Crippen LogP contribution in [0, 0.1) is 75.9 Å². The van der Waals surface area contributed by atoms with E-state index >= 15 is 0 Å². The second-order valence-corrected chi connectivity index (χ2v) is 19.3. The molecule has 48 heavy (non-hydrogen) atoms. The van der Waals surface area contributed by atoms with E-state index in [4.69, 9.17) is 0 Å². The summed E-state index contributed by atoms with van der Waals surface area (Å²) < 4.78 is 0. The van der Waals surface area contributed by atoms with Crippen LogP contribution in [0.5, 0.6) is 0 Å². The molecule has 9 unspecified atom stereocenters. The van der Waals surface area contributed by atoms with Crippen LogP contribution in [0.1, 0.15) is 163 Å². The highest BCUT2D eigenvalue weighted by Crippen LogP contribution is 2.58. The van der Waals surface area contributed by atoms with Crippen LogP contribution in [0.2, 0.25) is 0 Å². The van der Waals surface area contributed by atoms with Crippen molar-refractivity contribution in [1.29, 1.82) is 0 Å². The summed E-state index contributed by atoms with van der Waals surface area (Å²) in [6.07, 6.45) is 23.7. The molecule has 0 spiro atoms. The maximum absolute atomic E-state index is 11.9. The van der Waals surface area contributed by atoms with E-state index in [1.54, 1.807) is 0 Å². The first-order valence-electron chi connectivity index (χ1n) is 20.4. The smallest absolute Gasteiger partial charge is 0.141 e. The van der Waals surface area contributed by atoms with Gasteiger partial charge in [-0.05, 0) is 139 Å². The van der Waals surface area contributed by atoms with Gasteiger partial charge in [-0.15, -0.1) is 0 Å². The Hall–Kier alpha value is -1.65.